The van der Waals surface area contributed by atoms with E-state index in [2.05, 4.69) is 31.5 Å². The number of nitrogen functional groups attached to an aromatic ring is 1. The number of imidazole rings is 1. The van der Waals surface area contributed by atoms with E-state index in [1.807, 2.05) is 12.1 Å². The van der Waals surface area contributed by atoms with E-state index in [9.17, 15) is 0 Å². The van der Waals surface area contributed by atoms with Crippen LogP contribution in [0.15, 0.2) is 22.7 Å². The first-order chi connectivity index (χ1) is 9.24. The van der Waals surface area contributed by atoms with Gasteiger partial charge in [-0.25, -0.2) is 4.98 Å². The third kappa shape index (κ3) is 2.77. The second-order valence-corrected chi connectivity index (χ2v) is 5.95. The number of ether oxygens (including phenoxy) is 1. The summed E-state index contributed by atoms with van der Waals surface area (Å²) in [6, 6.07) is 6.08. The summed E-state index contributed by atoms with van der Waals surface area (Å²) in [5.74, 6) is 0.587. The average Bonchev–Trinajstić information content (AvgIpc) is 2.72. The number of aryl methyl sites for hydroxylation is 1. The average molecular weight is 324 g/mol. The molecule has 1 saturated heterocycles. The smallest absolute Gasteiger partial charge is 0.201 e. The van der Waals surface area contributed by atoms with Crippen LogP contribution < -0.4 is 5.73 Å². The van der Waals surface area contributed by atoms with E-state index < -0.39 is 0 Å². The standard InChI is InChI=1S/C14H18BrN3O/c15-10-4-5-13-12(9-10)17-14(16)18(13)7-6-11-3-1-2-8-19-11/h4-5,9,11H,1-3,6-8H2,(H2,16,17). The molecule has 2 aromatic rings. The Bertz CT molecular complexity index is 575. The van der Waals surface area contributed by atoms with Crippen LogP contribution in [-0.4, -0.2) is 22.3 Å². The molecule has 0 radical (unpaired) electrons. The molecule has 5 heteroatoms. The zero-order valence-corrected chi connectivity index (χ0v) is 12.4. The summed E-state index contributed by atoms with van der Waals surface area (Å²) in [5.41, 5.74) is 8.05. The summed E-state index contributed by atoms with van der Waals surface area (Å²) in [5, 5.41) is 0. The molecule has 4 nitrogen and oxygen atoms in total. The number of rotatable bonds is 3. The van der Waals surface area contributed by atoms with E-state index in [1.54, 1.807) is 0 Å². The quantitative estimate of drug-likeness (QED) is 0.942. The van der Waals surface area contributed by atoms with Crippen molar-refractivity contribution in [3.05, 3.63) is 22.7 Å². The summed E-state index contributed by atoms with van der Waals surface area (Å²) < 4.78 is 8.88. The van der Waals surface area contributed by atoms with E-state index in [1.165, 1.54) is 12.8 Å². The topological polar surface area (TPSA) is 53.1 Å². The van der Waals surface area contributed by atoms with Gasteiger partial charge in [-0.05, 0) is 43.9 Å². The van der Waals surface area contributed by atoms with Crippen molar-refractivity contribution >= 4 is 32.9 Å². The van der Waals surface area contributed by atoms with Crippen LogP contribution >= 0.6 is 15.9 Å². The molecule has 0 aliphatic carbocycles. The number of fused-ring (bicyclic) bond motifs is 1. The van der Waals surface area contributed by atoms with Crippen LogP contribution in [0.5, 0.6) is 0 Å². The highest BCUT2D eigenvalue weighted by molar-refractivity contribution is 9.10. The van der Waals surface area contributed by atoms with Gasteiger partial charge in [0.2, 0.25) is 5.95 Å². The van der Waals surface area contributed by atoms with Crippen molar-refractivity contribution in [2.24, 2.45) is 0 Å². The second kappa shape index (κ2) is 5.51. The number of aromatic nitrogens is 2. The number of halogens is 1. The van der Waals surface area contributed by atoms with Gasteiger partial charge in [-0.1, -0.05) is 15.9 Å². The molecule has 2 N–H and O–H groups in total. The fourth-order valence-electron chi connectivity index (χ4n) is 2.66. The third-order valence-corrected chi connectivity index (χ3v) is 4.18. The molecule has 3 rings (SSSR count). The highest BCUT2D eigenvalue weighted by atomic mass is 79.9. The number of anilines is 1. The summed E-state index contributed by atoms with van der Waals surface area (Å²) in [6.45, 7) is 1.77. The Morgan fingerprint density at radius 3 is 3.11 bits per heavy atom. The van der Waals surface area contributed by atoms with Crippen molar-refractivity contribution in [2.45, 2.75) is 38.3 Å². The van der Waals surface area contributed by atoms with Gasteiger partial charge in [0.05, 0.1) is 17.1 Å². The van der Waals surface area contributed by atoms with Gasteiger partial charge in [0.1, 0.15) is 0 Å². The van der Waals surface area contributed by atoms with Crippen molar-refractivity contribution in [1.29, 1.82) is 0 Å². The van der Waals surface area contributed by atoms with Gasteiger partial charge in [0.15, 0.2) is 0 Å². The van der Waals surface area contributed by atoms with Gasteiger partial charge in [-0.3, -0.25) is 0 Å². The van der Waals surface area contributed by atoms with Gasteiger partial charge in [0.25, 0.3) is 0 Å². The Morgan fingerprint density at radius 2 is 2.32 bits per heavy atom. The molecule has 1 aliphatic rings. The van der Waals surface area contributed by atoms with Gasteiger partial charge in [0, 0.05) is 17.6 Å². The van der Waals surface area contributed by atoms with E-state index in [-0.39, 0.29) is 0 Å². The first-order valence-corrected chi connectivity index (χ1v) is 7.56. The van der Waals surface area contributed by atoms with Gasteiger partial charge in [-0.2, -0.15) is 0 Å². The fourth-order valence-corrected chi connectivity index (χ4v) is 3.01. The molecule has 0 saturated carbocycles. The van der Waals surface area contributed by atoms with Gasteiger partial charge < -0.3 is 15.0 Å². The van der Waals surface area contributed by atoms with Crippen LogP contribution in [0.3, 0.4) is 0 Å². The molecule has 0 bridgehead atoms. The molecular formula is C14H18BrN3O. The molecule has 1 unspecified atom stereocenters. The maximum absolute atomic E-state index is 6.01. The second-order valence-electron chi connectivity index (χ2n) is 5.03. The lowest BCUT2D eigenvalue weighted by molar-refractivity contribution is 0.00906. The molecule has 1 aliphatic heterocycles. The molecule has 19 heavy (non-hydrogen) atoms. The van der Waals surface area contributed by atoms with Crippen LogP contribution in [0.2, 0.25) is 0 Å². The number of nitrogens with zero attached hydrogens (tertiary/aromatic N) is 2. The summed E-state index contributed by atoms with van der Waals surface area (Å²) in [4.78, 5) is 4.41. The van der Waals surface area contributed by atoms with E-state index in [0.29, 0.717) is 12.1 Å². The lowest BCUT2D eigenvalue weighted by atomic mass is 10.1. The third-order valence-electron chi connectivity index (χ3n) is 3.69. The largest absolute Gasteiger partial charge is 0.378 e. The normalized spacial score (nSPS) is 19.9. The molecule has 102 valence electrons. The molecular weight excluding hydrogens is 306 g/mol. The van der Waals surface area contributed by atoms with Crippen molar-refractivity contribution in [3.8, 4) is 0 Å². The van der Waals surface area contributed by atoms with Crippen molar-refractivity contribution in [3.63, 3.8) is 0 Å². The molecule has 0 spiro atoms. The number of benzene rings is 1. The first-order valence-electron chi connectivity index (χ1n) is 6.77. The monoisotopic (exact) mass is 323 g/mol. The summed E-state index contributed by atoms with van der Waals surface area (Å²) in [6.07, 6.45) is 5.02. The molecule has 1 atom stereocenters. The van der Waals surface area contributed by atoms with Crippen LogP contribution in [0.4, 0.5) is 5.95 Å². The molecule has 1 aromatic heterocycles. The first kappa shape index (κ1) is 12.9. The van der Waals surface area contributed by atoms with Gasteiger partial charge >= 0.3 is 0 Å². The van der Waals surface area contributed by atoms with Crippen LogP contribution in [0, 0.1) is 0 Å². The fraction of sp³-hybridized carbons (Fsp3) is 0.500. The Kier molecular flexibility index (Phi) is 3.75. The van der Waals surface area contributed by atoms with E-state index in [0.717, 1.165) is 41.5 Å². The predicted molar refractivity (Wildman–Crippen MR) is 80.1 cm³/mol. The molecule has 0 amide bonds. The lowest BCUT2D eigenvalue weighted by Gasteiger charge is -2.22. The zero-order chi connectivity index (χ0) is 13.2. The Labute approximate surface area is 121 Å². The number of hydrogen-bond donors (Lipinski definition) is 1. The molecule has 1 aromatic carbocycles. The maximum atomic E-state index is 6.01. The summed E-state index contributed by atoms with van der Waals surface area (Å²) >= 11 is 3.46. The van der Waals surface area contributed by atoms with Crippen molar-refractivity contribution in [2.75, 3.05) is 12.3 Å². The van der Waals surface area contributed by atoms with Gasteiger partial charge in [-0.15, -0.1) is 0 Å². The van der Waals surface area contributed by atoms with Crippen molar-refractivity contribution in [1.82, 2.24) is 9.55 Å². The van der Waals surface area contributed by atoms with Crippen LogP contribution in [-0.2, 0) is 11.3 Å². The lowest BCUT2D eigenvalue weighted by Crippen LogP contribution is -2.21. The maximum Gasteiger partial charge on any atom is 0.201 e. The van der Waals surface area contributed by atoms with Crippen LogP contribution in [0.1, 0.15) is 25.7 Å². The highest BCUT2D eigenvalue weighted by Crippen LogP contribution is 2.23. The molecule has 2 heterocycles. The molecule has 1 fully saturated rings. The Balaban J connectivity index is 1.78. The minimum Gasteiger partial charge on any atom is -0.378 e. The Hall–Kier alpha value is -1.07. The SMILES string of the molecule is Nc1nc2cc(Br)ccc2n1CCC1CCCCO1. The van der Waals surface area contributed by atoms with E-state index in [4.69, 9.17) is 10.5 Å². The van der Waals surface area contributed by atoms with Crippen LogP contribution in [0.25, 0.3) is 11.0 Å². The Morgan fingerprint density at radius 1 is 1.42 bits per heavy atom. The zero-order valence-electron chi connectivity index (χ0n) is 10.8. The van der Waals surface area contributed by atoms with E-state index >= 15 is 0 Å². The minimum atomic E-state index is 0.376. The number of hydrogen-bond acceptors (Lipinski definition) is 3. The van der Waals surface area contributed by atoms with Crippen molar-refractivity contribution < 1.29 is 4.74 Å². The number of nitrogens with two attached hydrogens (primary N) is 1. The highest BCUT2D eigenvalue weighted by Gasteiger charge is 2.15. The minimum absolute atomic E-state index is 0.376. The predicted octanol–water partition coefficient (Wildman–Crippen LogP) is 3.34. The summed E-state index contributed by atoms with van der Waals surface area (Å²) in [7, 11) is 0.